The zero-order chi connectivity index (χ0) is 14.1. The predicted octanol–water partition coefficient (Wildman–Crippen LogP) is 3.11. The van der Waals surface area contributed by atoms with Crippen molar-refractivity contribution in [3.63, 3.8) is 0 Å². The van der Waals surface area contributed by atoms with Gasteiger partial charge in [0.15, 0.2) is 0 Å². The van der Waals surface area contributed by atoms with Gasteiger partial charge in [0.05, 0.1) is 11.1 Å². The van der Waals surface area contributed by atoms with E-state index >= 15 is 0 Å². The molecular weight excluding hydrogens is 248 g/mol. The van der Waals surface area contributed by atoms with Crippen molar-refractivity contribution in [2.45, 2.75) is 33.1 Å². The van der Waals surface area contributed by atoms with Crippen molar-refractivity contribution in [3.8, 4) is 0 Å². The SMILES string of the molecule is CC(C)CNC(=O)c1c2c(nc3ccccc13)CCC2. The zero-order valence-electron chi connectivity index (χ0n) is 12.1. The van der Waals surface area contributed by atoms with Crippen LogP contribution in [0.5, 0.6) is 0 Å². The molecule has 0 saturated carbocycles. The highest BCUT2D eigenvalue weighted by Crippen LogP contribution is 2.29. The van der Waals surface area contributed by atoms with Gasteiger partial charge < -0.3 is 5.32 Å². The van der Waals surface area contributed by atoms with E-state index in [9.17, 15) is 4.79 Å². The molecule has 1 aliphatic rings. The maximum Gasteiger partial charge on any atom is 0.252 e. The summed E-state index contributed by atoms with van der Waals surface area (Å²) in [5.41, 5.74) is 4.05. The summed E-state index contributed by atoms with van der Waals surface area (Å²) in [5.74, 6) is 0.510. The Bertz CT molecular complexity index is 661. The Morgan fingerprint density at radius 3 is 2.90 bits per heavy atom. The number of hydrogen-bond acceptors (Lipinski definition) is 2. The number of carbonyl (C=O) groups is 1. The second-order valence-electron chi connectivity index (χ2n) is 5.89. The van der Waals surface area contributed by atoms with E-state index in [-0.39, 0.29) is 5.91 Å². The Labute approximate surface area is 119 Å². The zero-order valence-corrected chi connectivity index (χ0v) is 12.1. The first-order valence-electron chi connectivity index (χ1n) is 7.35. The van der Waals surface area contributed by atoms with Crippen molar-refractivity contribution in [2.75, 3.05) is 6.54 Å². The summed E-state index contributed by atoms with van der Waals surface area (Å²) >= 11 is 0. The number of carbonyl (C=O) groups excluding carboxylic acids is 1. The van der Waals surface area contributed by atoms with E-state index in [1.54, 1.807) is 0 Å². The lowest BCUT2D eigenvalue weighted by Gasteiger charge is -2.13. The van der Waals surface area contributed by atoms with E-state index in [0.717, 1.165) is 47.0 Å². The second kappa shape index (κ2) is 5.23. The molecule has 3 heteroatoms. The van der Waals surface area contributed by atoms with Gasteiger partial charge in [-0.25, -0.2) is 0 Å². The normalized spacial score (nSPS) is 13.8. The molecule has 1 amide bonds. The molecule has 3 rings (SSSR count). The molecule has 0 bridgehead atoms. The lowest BCUT2D eigenvalue weighted by Crippen LogP contribution is -2.28. The number of para-hydroxylation sites is 1. The minimum absolute atomic E-state index is 0.0513. The van der Waals surface area contributed by atoms with E-state index in [4.69, 9.17) is 4.98 Å². The number of rotatable bonds is 3. The molecular formula is C17H20N2O. The van der Waals surface area contributed by atoms with Crippen LogP contribution >= 0.6 is 0 Å². The van der Waals surface area contributed by atoms with Crippen molar-refractivity contribution >= 4 is 16.8 Å². The van der Waals surface area contributed by atoms with Gasteiger partial charge in [0.25, 0.3) is 5.91 Å². The molecule has 1 aromatic carbocycles. The molecule has 2 aromatic rings. The standard InChI is InChI=1S/C17H20N2O/c1-11(2)10-18-17(20)16-12-6-3-4-8-14(12)19-15-9-5-7-13(15)16/h3-4,6,8,11H,5,7,9-10H2,1-2H3,(H,18,20). The van der Waals surface area contributed by atoms with Gasteiger partial charge in [0.1, 0.15) is 0 Å². The molecule has 0 fully saturated rings. The Kier molecular flexibility index (Phi) is 3.43. The lowest BCUT2D eigenvalue weighted by atomic mass is 10.0. The minimum Gasteiger partial charge on any atom is -0.352 e. The van der Waals surface area contributed by atoms with E-state index in [2.05, 4.69) is 19.2 Å². The average Bonchev–Trinajstić information content (AvgIpc) is 2.89. The fourth-order valence-corrected chi connectivity index (χ4v) is 2.86. The third kappa shape index (κ3) is 2.28. The molecule has 104 valence electrons. The molecule has 1 heterocycles. The van der Waals surface area contributed by atoms with Gasteiger partial charge in [0, 0.05) is 17.6 Å². The van der Waals surface area contributed by atoms with E-state index in [1.807, 2.05) is 24.3 Å². The second-order valence-corrected chi connectivity index (χ2v) is 5.89. The van der Waals surface area contributed by atoms with Crippen LogP contribution in [0.3, 0.4) is 0 Å². The van der Waals surface area contributed by atoms with Crippen molar-refractivity contribution in [2.24, 2.45) is 5.92 Å². The Balaban J connectivity index is 2.10. The van der Waals surface area contributed by atoms with E-state index in [0.29, 0.717) is 12.5 Å². The first-order valence-corrected chi connectivity index (χ1v) is 7.35. The molecule has 1 N–H and O–H groups in total. The molecule has 20 heavy (non-hydrogen) atoms. The average molecular weight is 268 g/mol. The van der Waals surface area contributed by atoms with Gasteiger partial charge >= 0.3 is 0 Å². The number of benzene rings is 1. The lowest BCUT2D eigenvalue weighted by molar-refractivity contribution is 0.0949. The van der Waals surface area contributed by atoms with Crippen LogP contribution in [0.4, 0.5) is 0 Å². The highest BCUT2D eigenvalue weighted by molar-refractivity contribution is 6.07. The Morgan fingerprint density at radius 2 is 2.10 bits per heavy atom. The number of amides is 1. The van der Waals surface area contributed by atoms with Crippen LogP contribution < -0.4 is 5.32 Å². The summed E-state index contributed by atoms with van der Waals surface area (Å²) in [4.78, 5) is 17.3. The number of hydrogen-bond donors (Lipinski definition) is 1. The molecule has 0 spiro atoms. The first kappa shape index (κ1) is 13.1. The quantitative estimate of drug-likeness (QED) is 0.929. The minimum atomic E-state index is 0.0513. The Morgan fingerprint density at radius 1 is 1.30 bits per heavy atom. The summed E-state index contributed by atoms with van der Waals surface area (Å²) in [6.07, 6.45) is 3.06. The van der Waals surface area contributed by atoms with Crippen LogP contribution in [0.1, 0.15) is 41.9 Å². The first-order chi connectivity index (χ1) is 9.66. The van der Waals surface area contributed by atoms with Crippen LogP contribution in [0.15, 0.2) is 24.3 Å². The van der Waals surface area contributed by atoms with Crippen molar-refractivity contribution in [3.05, 3.63) is 41.1 Å². The van der Waals surface area contributed by atoms with Crippen LogP contribution in [0, 0.1) is 5.92 Å². The summed E-state index contributed by atoms with van der Waals surface area (Å²) < 4.78 is 0. The molecule has 0 saturated heterocycles. The molecule has 0 aliphatic heterocycles. The summed E-state index contributed by atoms with van der Waals surface area (Å²) in [6.45, 7) is 4.93. The van der Waals surface area contributed by atoms with Gasteiger partial charge in [-0.2, -0.15) is 0 Å². The fraction of sp³-hybridized carbons (Fsp3) is 0.412. The fourth-order valence-electron chi connectivity index (χ4n) is 2.86. The maximum absolute atomic E-state index is 12.6. The van der Waals surface area contributed by atoms with Gasteiger partial charge in [-0.1, -0.05) is 32.0 Å². The predicted molar refractivity (Wildman–Crippen MR) is 80.9 cm³/mol. The summed E-state index contributed by atoms with van der Waals surface area (Å²) in [5, 5.41) is 4.03. The van der Waals surface area contributed by atoms with E-state index < -0.39 is 0 Å². The third-order valence-electron chi connectivity index (χ3n) is 3.82. The van der Waals surface area contributed by atoms with Crippen LogP contribution in [-0.2, 0) is 12.8 Å². The number of aryl methyl sites for hydroxylation is 1. The van der Waals surface area contributed by atoms with Gasteiger partial charge in [-0.3, -0.25) is 9.78 Å². The van der Waals surface area contributed by atoms with E-state index in [1.165, 1.54) is 0 Å². The van der Waals surface area contributed by atoms with Crippen molar-refractivity contribution in [1.82, 2.24) is 10.3 Å². The largest absolute Gasteiger partial charge is 0.352 e. The van der Waals surface area contributed by atoms with Crippen LogP contribution in [-0.4, -0.2) is 17.4 Å². The van der Waals surface area contributed by atoms with Crippen LogP contribution in [0.25, 0.3) is 10.9 Å². The monoisotopic (exact) mass is 268 g/mol. The summed E-state index contributed by atoms with van der Waals surface area (Å²) in [6, 6.07) is 7.95. The molecule has 1 aliphatic carbocycles. The Hall–Kier alpha value is -1.90. The third-order valence-corrected chi connectivity index (χ3v) is 3.82. The highest BCUT2D eigenvalue weighted by Gasteiger charge is 2.23. The van der Waals surface area contributed by atoms with Gasteiger partial charge in [-0.05, 0) is 36.8 Å². The number of aromatic nitrogens is 1. The van der Waals surface area contributed by atoms with Gasteiger partial charge in [0.2, 0.25) is 0 Å². The number of pyridine rings is 1. The smallest absolute Gasteiger partial charge is 0.252 e. The number of nitrogens with zero attached hydrogens (tertiary/aromatic N) is 1. The molecule has 3 nitrogen and oxygen atoms in total. The summed E-state index contributed by atoms with van der Waals surface area (Å²) in [7, 11) is 0. The number of nitrogens with one attached hydrogen (secondary N) is 1. The number of fused-ring (bicyclic) bond motifs is 2. The molecule has 0 atom stereocenters. The molecule has 0 radical (unpaired) electrons. The van der Waals surface area contributed by atoms with Crippen LogP contribution in [0.2, 0.25) is 0 Å². The van der Waals surface area contributed by atoms with Gasteiger partial charge in [-0.15, -0.1) is 0 Å². The maximum atomic E-state index is 12.6. The van der Waals surface area contributed by atoms with Crippen molar-refractivity contribution < 1.29 is 4.79 Å². The molecule has 0 unspecified atom stereocenters. The van der Waals surface area contributed by atoms with Crippen molar-refractivity contribution in [1.29, 1.82) is 0 Å². The topological polar surface area (TPSA) is 42.0 Å². The highest BCUT2D eigenvalue weighted by atomic mass is 16.1. The molecule has 1 aromatic heterocycles.